The van der Waals surface area contributed by atoms with Gasteiger partial charge in [0.1, 0.15) is 11.3 Å². The molecule has 4 rings (SSSR count). The zero-order chi connectivity index (χ0) is 21.3. The van der Waals surface area contributed by atoms with E-state index in [1.54, 1.807) is 12.1 Å². The van der Waals surface area contributed by atoms with E-state index in [0.29, 0.717) is 12.1 Å². The summed E-state index contributed by atoms with van der Waals surface area (Å²) in [5.74, 6) is 0.0637. The largest absolute Gasteiger partial charge is 0.478 e. The van der Waals surface area contributed by atoms with Gasteiger partial charge >= 0.3 is 5.97 Å². The van der Waals surface area contributed by atoms with Crippen LogP contribution in [0.15, 0.2) is 54.6 Å². The highest BCUT2D eigenvalue weighted by Crippen LogP contribution is 2.27. The van der Waals surface area contributed by atoms with E-state index in [0.717, 1.165) is 51.5 Å². The number of hydrogen-bond acceptors (Lipinski definition) is 4. The minimum atomic E-state index is -0.922. The highest BCUT2D eigenvalue weighted by Gasteiger charge is 2.15. The van der Waals surface area contributed by atoms with Gasteiger partial charge in [0.15, 0.2) is 5.65 Å². The summed E-state index contributed by atoms with van der Waals surface area (Å²) in [5.41, 5.74) is 6.68. The molecule has 0 aliphatic heterocycles. The van der Waals surface area contributed by atoms with E-state index in [1.807, 2.05) is 56.4 Å². The van der Waals surface area contributed by atoms with Crippen molar-refractivity contribution in [2.24, 2.45) is 0 Å². The summed E-state index contributed by atoms with van der Waals surface area (Å²) < 4.78 is 2.16. The van der Waals surface area contributed by atoms with Gasteiger partial charge in [0.2, 0.25) is 0 Å². The van der Waals surface area contributed by atoms with Crippen molar-refractivity contribution in [2.45, 2.75) is 26.8 Å². The Morgan fingerprint density at radius 1 is 1.10 bits per heavy atom. The average Bonchev–Trinajstić information content (AvgIpc) is 3.11. The fraction of sp³-hybridized carbons (Fsp3) is 0.208. The second-order valence-corrected chi connectivity index (χ2v) is 7.25. The molecule has 30 heavy (non-hydrogen) atoms. The van der Waals surface area contributed by atoms with Crippen molar-refractivity contribution in [1.82, 2.24) is 14.5 Å². The SMILES string of the molecule is CCc1nc2c(NC)cc(C)nc2n1Cc1ccc(-c2ccccc2C(=O)O)cc1. The summed E-state index contributed by atoms with van der Waals surface area (Å²) in [5, 5.41) is 12.7. The highest BCUT2D eigenvalue weighted by molar-refractivity contribution is 5.96. The number of anilines is 1. The minimum absolute atomic E-state index is 0.304. The lowest BCUT2D eigenvalue weighted by Crippen LogP contribution is -2.06. The number of carboxylic acid groups (broad SMARTS) is 1. The maximum absolute atomic E-state index is 11.5. The van der Waals surface area contributed by atoms with E-state index in [2.05, 4.69) is 16.8 Å². The number of carboxylic acids is 1. The third-order valence-corrected chi connectivity index (χ3v) is 5.26. The van der Waals surface area contributed by atoms with Crippen LogP contribution in [-0.2, 0) is 13.0 Å². The van der Waals surface area contributed by atoms with E-state index in [9.17, 15) is 9.90 Å². The van der Waals surface area contributed by atoms with Crippen LogP contribution >= 0.6 is 0 Å². The molecule has 6 nitrogen and oxygen atoms in total. The maximum Gasteiger partial charge on any atom is 0.336 e. The topological polar surface area (TPSA) is 80.0 Å². The van der Waals surface area contributed by atoms with Crippen LogP contribution in [0.3, 0.4) is 0 Å². The molecule has 0 amide bonds. The van der Waals surface area contributed by atoms with Gasteiger partial charge in [0, 0.05) is 19.2 Å². The smallest absolute Gasteiger partial charge is 0.336 e. The summed E-state index contributed by atoms with van der Waals surface area (Å²) in [4.78, 5) is 21.1. The standard InChI is InChI=1S/C24H24N4O2/c1-4-21-27-22-20(25-3)13-15(2)26-23(22)28(21)14-16-9-11-17(12-10-16)18-7-5-6-8-19(18)24(29)30/h5-13H,4,14H2,1-3H3,(H,25,26)(H,29,30). The molecule has 2 heterocycles. The molecule has 2 aromatic heterocycles. The van der Waals surface area contributed by atoms with Crippen LogP contribution in [0.2, 0.25) is 0 Å². The quantitative estimate of drug-likeness (QED) is 0.488. The normalized spacial score (nSPS) is 11.0. The fourth-order valence-electron chi connectivity index (χ4n) is 3.78. The second-order valence-electron chi connectivity index (χ2n) is 7.25. The molecule has 0 saturated carbocycles. The average molecular weight is 400 g/mol. The van der Waals surface area contributed by atoms with E-state index >= 15 is 0 Å². The Bertz CT molecular complexity index is 1230. The number of benzene rings is 2. The van der Waals surface area contributed by atoms with E-state index in [1.165, 1.54) is 0 Å². The lowest BCUT2D eigenvalue weighted by atomic mass is 9.99. The van der Waals surface area contributed by atoms with Crippen molar-refractivity contribution in [3.8, 4) is 11.1 Å². The third kappa shape index (κ3) is 3.52. The Hall–Kier alpha value is -3.67. The Morgan fingerprint density at radius 3 is 2.50 bits per heavy atom. The molecule has 0 unspecified atom stereocenters. The third-order valence-electron chi connectivity index (χ3n) is 5.26. The minimum Gasteiger partial charge on any atom is -0.478 e. The number of imidazole rings is 1. The lowest BCUT2D eigenvalue weighted by Gasteiger charge is -2.11. The highest BCUT2D eigenvalue weighted by atomic mass is 16.4. The zero-order valence-electron chi connectivity index (χ0n) is 17.3. The number of hydrogen-bond donors (Lipinski definition) is 2. The predicted molar refractivity (Wildman–Crippen MR) is 119 cm³/mol. The van der Waals surface area contributed by atoms with Crippen LogP contribution in [0, 0.1) is 6.92 Å². The van der Waals surface area contributed by atoms with Crippen molar-refractivity contribution in [3.63, 3.8) is 0 Å². The molecular weight excluding hydrogens is 376 g/mol. The van der Waals surface area contributed by atoms with E-state index < -0.39 is 5.97 Å². The number of fused-ring (bicyclic) bond motifs is 1. The molecule has 0 bridgehead atoms. The van der Waals surface area contributed by atoms with Crippen molar-refractivity contribution in [1.29, 1.82) is 0 Å². The summed E-state index contributed by atoms with van der Waals surface area (Å²) in [6.45, 7) is 4.73. The molecule has 0 saturated heterocycles. The van der Waals surface area contributed by atoms with Gasteiger partial charge in [-0.3, -0.25) is 0 Å². The summed E-state index contributed by atoms with van der Waals surface area (Å²) in [6.07, 6.45) is 0.808. The number of pyridine rings is 1. The van der Waals surface area contributed by atoms with Gasteiger partial charge in [0.05, 0.1) is 17.8 Å². The molecule has 4 aromatic rings. The molecule has 0 radical (unpaired) electrons. The van der Waals surface area contributed by atoms with Crippen LogP contribution in [0.1, 0.15) is 34.4 Å². The molecule has 2 aromatic carbocycles. The second kappa shape index (κ2) is 7.99. The van der Waals surface area contributed by atoms with Gasteiger partial charge in [0.25, 0.3) is 0 Å². The molecule has 2 N–H and O–H groups in total. The Kier molecular flexibility index (Phi) is 5.23. The van der Waals surface area contributed by atoms with Gasteiger partial charge < -0.3 is 15.0 Å². The predicted octanol–water partition coefficient (Wildman–Crippen LogP) is 4.76. The molecule has 0 aliphatic rings. The van der Waals surface area contributed by atoms with E-state index in [4.69, 9.17) is 9.97 Å². The number of aromatic carboxylic acids is 1. The Balaban J connectivity index is 1.72. The van der Waals surface area contributed by atoms with Crippen molar-refractivity contribution >= 4 is 22.8 Å². The van der Waals surface area contributed by atoms with Gasteiger partial charge in [-0.05, 0) is 35.7 Å². The molecule has 0 fully saturated rings. The van der Waals surface area contributed by atoms with Crippen LogP contribution in [0.5, 0.6) is 0 Å². The lowest BCUT2D eigenvalue weighted by molar-refractivity contribution is 0.0697. The van der Waals surface area contributed by atoms with E-state index in [-0.39, 0.29) is 0 Å². The number of aromatic nitrogens is 3. The van der Waals surface area contributed by atoms with Crippen molar-refractivity contribution in [3.05, 3.63) is 77.2 Å². The summed E-state index contributed by atoms with van der Waals surface area (Å²) in [7, 11) is 1.90. The molecule has 0 spiro atoms. The van der Waals surface area contributed by atoms with Gasteiger partial charge in [-0.2, -0.15) is 0 Å². The first-order chi connectivity index (χ1) is 14.5. The van der Waals surface area contributed by atoms with Gasteiger partial charge in [-0.1, -0.05) is 49.4 Å². The van der Waals surface area contributed by atoms with Crippen LogP contribution in [-0.4, -0.2) is 32.7 Å². The van der Waals surface area contributed by atoms with Crippen LogP contribution in [0.4, 0.5) is 5.69 Å². The van der Waals surface area contributed by atoms with Crippen LogP contribution < -0.4 is 5.32 Å². The van der Waals surface area contributed by atoms with Crippen molar-refractivity contribution < 1.29 is 9.90 Å². The molecular formula is C24H24N4O2. The van der Waals surface area contributed by atoms with Gasteiger partial charge in [-0.25, -0.2) is 14.8 Å². The maximum atomic E-state index is 11.5. The molecule has 0 atom stereocenters. The van der Waals surface area contributed by atoms with Crippen LogP contribution in [0.25, 0.3) is 22.3 Å². The van der Waals surface area contributed by atoms with Gasteiger partial charge in [-0.15, -0.1) is 0 Å². The number of rotatable bonds is 6. The Morgan fingerprint density at radius 2 is 1.83 bits per heavy atom. The molecule has 6 heteroatoms. The number of aryl methyl sites for hydroxylation is 2. The number of nitrogens with zero attached hydrogens (tertiary/aromatic N) is 3. The number of nitrogens with one attached hydrogen (secondary N) is 1. The summed E-state index contributed by atoms with van der Waals surface area (Å²) in [6, 6.07) is 17.1. The monoisotopic (exact) mass is 400 g/mol. The first-order valence-electron chi connectivity index (χ1n) is 9.98. The fourth-order valence-corrected chi connectivity index (χ4v) is 3.78. The van der Waals surface area contributed by atoms with Crippen molar-refractivity contribution in [2.75, 3.05) is 12.4 Å². The summed E-state index contributed by atoms with van der Waals surface area (Å²) >= 11 is 0. The zero-order valence-corrected chi connectivity index (χ0v) is 17.3. The number of carbonyl (C=O) groups is 1. The Labute approximate surface area is 175 Å². The first-order valence-corrected chi connectivity index (χ1v) is 9.98. The molecule has 152 valence electrons. The molecule has 0 aliphatic carbocycles. The first kappa shape index (κ1) is 19.6.